The second kappa shape index (κ2) is 9.99. The zero-order valence-electron chi connectivity index (χ0n) is 18.9. The standard InChI is InChI=1S/C25H24FN3O3S2/c1-17-14-18(2)24-22(15-17)33-25(28-24)29(16-20-6-3-4-12-27-20)23(30)7-5-13-34(31,32)21-10-8-19(26)9-11-21/h3-4,6,8-12,14-15H,5,7,13,16H2,1-2H3. The maximum atomic E-state index is 13.3. The number of anilines is 1. The lowest BCUT2D eigenvalue weighted by Gasteiger charge is -2.19. The van der Waals surface area contributed by atoms with Crippen LogP contribution in [0, 0.1) is 19.7 Å². The van der Waals surface area contributed by atoms with Gasteiger partial charge in [-0.2, -0.15) is 0 Å². The molecule has 4 rings (SSSR count). The molecule has 0 radical (unpaired) electrons. The monoisotopic (exact) mass is 497 g/mol. The third-order valence-corrected chi connectivity index (χ3v) is 8.22. The summed E-state index contributed by atoms with van der Waals surface area (Å²) in [6.45, 7) is 4.25. The largest absolute Gasteiger partial charge is 0.282 e. The maximum absolute atomic E-state index is 13.3. The average molecular weight is 498 g/mol. The molecule has 0 fully saturated rings. The fourth-order valence-corrected chi connectivity index (χ4v) is 6.17. The van der Waals surface area contributed by atoms with Gasteiger partial charge in [0, 0.05) is 12.6 Å². The van der Waals surface area contributed by atoms with Gasteiger partial charge in [0.15, 0.2) is 15.0 Å². The number of aromatic nitrogens is 2. The van der Waals surface area contributed by atoms with Gasteiger partial charge in [0.2, 0.25) is 5.91 Å². The summed E-state index contributed by atoms with van der Waals surface area (Å²) < 4.78 is 39.3. The van der Waals surface area contributed by atoms with Gasteiger partial charge in [-0.15, -0.1) is 0 Å². The molecule has 0 saturated carbocycles. The Bertz CT molecular complexity index is 1420. The predicted octanol–water partition coefficient (Wildman–Crippen LogP) is 5.23. The Morgan fingerprint density at radius 2 is 1.85 bits per heavy atom. The van der Waals surface area contributed by atoms with Crippen molar-refractivity contribution < 1.29 is 17.6 Å². The van der Waals surface area contributed by atoms with E-state index in [0.29, 0.717) is 10.8 Å². The van der Waals surface area contributed by atoms with Gasteiger partial charge in [-0.05, 0) is 73.9 Å². The van der Waals surface area contributed by atoms with Crippen LogP contribution in [0.25, 0.3) is 10.2 Å². The van der Waals surface area contributed by atoms with Gasteiger partial charge in [0.05, 0.1) is 33.1 Å². The number of sulfone groups is 1. The molecule has 0 aliphatic rings. The van der Waals surface area contributed by atoms with E-state index in [9.17, 15) is 17.6 Å². The minimum atomic E-state index is -3.62. The van der Waals surface area contributed by atoms with E-state index in [1.165, 1.54) is 23.5 Å². The molecule has 6 nitrogen and oxygen atoms in total. The Balaban J connectivity index is 1.55. The minimum absolute atomic E-state index is 0.0290. The molecule has 2 heterocycles. The topological polar surface area (TPSA) is 80.2 Å². The number of rotatable bonds is 8. The Morgan fingerprint density at radius 3 is 2.56 bits per heavy atom. The molecule has 0 atom stereocenters. The van der Waals surface area contributed by atoms with Crippen LogP contribution in [0.2, 0.25) is 0 Å². The van der Waals surface area contributed by atoms with E-state index in [2.05, 4.69) is 11.1 Å². The van der Waals surface area contributed by atoms with Gasteiger partial charge < -0.3 is 0 Å². The average Bonchev–Trinajstić information content (AvgIpc) is 3.22. The Morgan fingerprint density at radius 1 is 1.09 bits per heavy atom. The first-order chi connectivity index (χ1) is 16.2. The maximum Gasteiger partial charge on any atom is 0.229 e. The number of aryl methyl sites for hydroxylation is 2. The van der Waals surface area contributed by atoms with Gasteiger partial charge in [0.25, 0.3) is 0 Å². The lowest BCUT2D eigenvalue weighted by Crippen LogP contribution is -2.30. The zero-order chi connectivity index (χ0) is 24.3. The first-order valence-electron chi connectivity index (χ1n) is 10.8. The predicted molar refractivity (Wildman–Crippen MR) is 132 cm³/mol. The molecule has 0 unspecified atom stereocenters. The van der Waals surface area contributed by atoms with Crippen LogP contribution in [0.3, 0.4) is 0 Å². The number of amides is 1. The van der Waals surface area contributed by atoms with Crippen molar-refractivity contribution in [2.24, 2.45) is 0 Å². The quantitative estimate of drug-likeness (QED) is 0.311. The van der Waals surface area contributed by atoms with Crippen LogP contribution in [0.5, 0.6) is 0 Å². The number of thiazole rings is 1. The number of carbonyl (C=O) groups is 1. The number of nitrogens with zero attached hydrogens (tertiary/aromatic N) is 3. The fourth-order valence-electron chi connectivity index (χ4n) is 3.70. The highest BCUT2D eigenvalue weighted by atomic mass is 32.2. The van der Waals surface area contributed by atoms with Crippen molar-refractivity contribution in [3.8, 4) is 0 Å². The molecule has 4 aromatic rings. The minimum Gasteiger partial charge on any atom is -0.282 e. The number of fused-ring (bicyclic) bond motifs is 1. The molecule has 176 valence electrons. The molecule has 0 spiro atoms. The van der Waals surface area contributed by atoms with Gasteiger partial charge in [-0.3, -0.25) is 14.7 Å². The van der Waals surface area contributed by atoms with Crippen molar-refractivity contribution in [1.29, 1.82) is 0 Å². The van der Waals surface area contributed by atoms with Gasteiger partial charge >= 0.3 is 0 Å². The molecule has 0 bridgehead atoms. The van der Waals surface area contributed by atoms with Crippen molar-refractivity contribution in [3.63, 3.8) is 0 Å². The molecule has 0 aliphatic carbocycles. The van der Waals surface area contributed by atoms with Crippen LogP contribution in [0.1, 0.15) is 29.7 Å². The number of hydrogen-bond acceptors (Lipinski definition) is 6. The lowest BCUT2D eigenvalue weighted by atomic mass is 10.1. The third-order valence-electron chi connectivity index (χ3n) is 5.37. The summed E-state index contributed by atoms with van der Waals surface area (Å²) in [4.78, 5) is 23.9. The summed E-state index contributed by atoms with van der Waals surface area (Å²) in [6.07, 6.45) is 1.83. The normalized spacial score (nSPS) is 11.6. The van der Waals surface area contributed by atoms with E-state index in [1.807, 2.05) is 32.0 Å². The smallest absolute Gasteiger partial charge is 0.229 e. The summed E-state index contributed by atoms with van der Waals surface area (Å²) in [5.74, 6) is -0.936. The molecule has 0 aliphatic heterocycles. The van der Waals surface area contributed by atoms with E-state index in [4.69, 9.17) is 4.98 Å². The lowest BCUT2D eigenvalue weighted by molar-refractivity contribution is -0.118. The zero-order valence-corrected chi connectivity index (χ0v) is 20.5. The van der Waals surface area contributed by atoms with Crippen LogP contribution >= 0.6 is 11.3 Å². The van der Waals surface area contributed by atoms with Crippen molar-refractivity contribution >= 4 is 42.4 Å². The van der Waals surface area contributed by atoms with Crippen molar-refractivity contribution in [3.05, 3.63) is 83.4 Å². The van der Waals surface area contributed by atoms with Crippen molar-refractivity contribution in [1.82, 2.24) is 9.97 Å². The van der Waals surface area contributed by atoms with E-state index < -0.39 is 15.7 Å². The van der Waals surface area contributed by atoms with Crippen molar-refractivity contribution in [2.75, 3.05) is 10.7 Å². The summed E-state index contributed by atoms with van der Waals surface area (Å²) in [5.41, 5.74) is 3.71. The number of benzene rings is 2. The second-order valence-electron chi connectivity index (χ2n) is 8.10. The highest BCUT2D eigenvalue weighted by Gasteiger charge is 2.22. The first kappa shape index (κ1) is 24.0. The van der Waals surface area contributed by atoms with Crippen LogP contribution in [-0.4, -0.2) is 30.0 Å². The molecule has 1 amide bonds. The van der Waals surface area contributed by atoms with E-state index in [1.54, 1.807) is 17.2 Å². The number of pyridine rings is 1. The molecular weight excluding hydrogens is 473 g/mol. The second-order valence-corrected chi connectivity index (χ2v) is 11.2. The summed E-state index contributed by atoms with van der Waals surface area (Å²) >= 11 is 1.43. The van der Waals surface area contributed by atoms with Gasteiger partial charge in [-0.1, -0.05) is 23.5 Å². The van der Waals surface area contributed by atoms with E-state index in [-0.39, 0.29) is 35.9 Å². The van der Waals surface area contributed by atoms with Crippen LogP contribution in [0.4, 0.5) is 9.52 Å². The first-order valence-corrected chi connectivity index (χ1v) is 13.3. The van der Waals surface area contributed by atoms with E-state index in [0.717, 1.165) is 33.5 Å². The molecule has 0 N–H and O–H groups in total. The summed E-state index contributed by atoms with van der Waals surface area (Å²) in [7, 11) is -3.62. The third kappa shape index (κ3) is 5.48. The Hall–Kier alpha value is -3.17. The molecule has 2 aromatic carbocycles. The molecule has 9 heteroatoms. The highest BCUT2D eigenvalue weighted by molar-refractivity contribution is 7.91. The highest BCUT2D eigenvalue weighted by Crippen LogP contribution is 2.33. The van der Waals surface area contributed by atoms with Gasteiger partial charge in [0.1, 0.15) is 5.82 Å². The van der Waals surface area contributed by atoms with Crippen LogP contribution < -0.4 is 4.90 Å². The van der Waals surface area contributed by atoms with Crippen LogP contribution in [0.15, 0.2) is 65.7 Å². The molecule has 2 aromatic heterocycles. The number of hydrogen-bond donors (Lipinski definition) is 0. The summed E-state index contributed by atoms with van der Waals surface area (Å²) in [6, 6.07) is 14.3. The fraction of sp³-hybridized carbons (Fsp3) is 0.240. The summed E-state index contributed by atoms with van der Waals surface area (Å²) in [5, 5.41) is 0.556. The molecule has 0 saturated heterocycles. The van der Waals surface area contributed by atoms with Gasteiger partial charge in [-0.25, -0.2) is 17.8 Å². The van der Waals surface area contributed by atoms with Crippen LogP contribution in [-0.2, 0) is 21.2 Å². The number of carbonyl (C=O) groups excluding carboxylic acids is 1. The Labute approximate surface area is 202 Å². The number of halogens is 1. The van der Waals surface area contributed by atoms with E-state index >= 15 is 0 Å². The SMILES string of the molecule is Cc1cc(C)c2nc(N(Cc3ccccn3)C(=O)CCCS(=O)(=O)c3ccc(F)cc3)sc2c1. The Kier molecular flexibility index (Phi) is 7.04. The molecule has 34 heavy (non-hydrogen) atoms. The molecular formula is C25H24FN3O3S2. The van der Waals surface area contributed by atoms with Crippen molar-refractivity contribution in [2.45, 2.75) is 38.1 Å².